The van der Waals surface area contributed by atoms with E-state index in [1.165, 1.54) is 11.3 Å². The number of carbonyl (C=O) groups is 3. The van der Waals surface area contributed by atoms with Crippen molar-refractivity contribution in [3.63, 3.8) is 0 Å². The van der Waals surface area contributed by atoms with Crippen LogP contribution in [0, 0.1) is 13.8 Å². The molecule has 2 heterocycles. The van der Waals surface area contributed by atoms with Gasteiger partial charge >= 0.3 is 6.03 Å². The number of anilines is 1. The Bertz CT molecular complexity index is 858. The fraction of sp³-hybridized carbons (Fsp3) is 0.333. The van der Waals surface area contributed by atoms with Crippen molar-refractivity contribution in [3.8, 4) is 5.75 Å². The first-order chi connectivity index (χ1) is 12.9. The molecular weight excluding hydrogens is 368 g/mol. The van der Waals surface area contributed by atoms with Gasteiger partial charge in [-0.05, 0) is 31.5 Å². The zero-order chi connectivity index (χ0) is 19.6. The van der Waals surface area contributed by atoms with E-state index in [1.54, 1.807) is 31.4 Å². The maximum atomic E-state index is 12.5. The smallest absolute Gasteiger partial charge is 0.325 e. The van der Waals surface area contributed by atoms with Crippen LogP contribution in [0.2, 0.25) is 0 Å². The first-order valence-corrected chi connectivity index (χ1v) is 9.17. The predicted octanol–water partition coefficient (Wildman–Crippen LogP) is 2.22. The number of ether oxygens (including phenoxy) is 1. The second kappa shape index (κ2) is 7.75. The molecule has 0 radical (unpaired) electrons. The highest BCUT2D eigenvalue weighted by Crippen LogP contribution is 2.22. The van der Waals surface area contributed by atoms with E-state index in [1.807, 2.05) is 13.8 Å². The molecule has 27 heavy (non-hydrogen) atoms. The Balaban J connectivity index is 1.60. The summed E-state index contributed by atoms with van der Waals surface area (Å²) in [5.41, 5.74) is 1.64. The third-order valence-corrected chi connectivity index (χ3v) is 5.26. The topological polar surface area (TPSA) is 101 Å². The Labute approximate surface area is 160 Å². The molecule has 1 fully saturated rings. The average Bonchev–Trinajstić information content (AvgIpc) is 3.08. The summed E-state index contributed by atoms with van der Waals surface area (Å²) in [5, 5.41) is 5.73. The summed E-state index contributed by atoms with van der Waals surface area (Å²) in [5.74, 6) is -0.0932. The van der Waals surface area contributed by atoms with Gasteiger partial charge in [-0.1, -0.05) is 12.1 Å². The highest BCUT2D eigenvalue weighted by Gasteiger charge is 2.39. The van der Waals surface area contributed by atoms with E-state index in [-0.39, 0.29) is 18.9 Å². The maximum Gasteiger partial charge on any atom is 0.325 e. The first-order valence-electron chi connectivity index (χ1n) is 8.36. The van der Waals surface area contributed by atoms with Crippen molar-refractivity contribution in [2.75, 3.05) is 12.4 Å². The summed E-state index contributed by atoms with van der Waals surface area (Å²) in [4.78, 5) is 43.2. The van der Waals surface area contributed by atoms with Crippen LogP contribution in [0.15, 0.2) is 24.3 Å². The van der Waals surface area contributed by atoms with Crippen LogP contribution in [-0.4, -0.2) is 40.9 Å². The van der Waals surface area contributed by atoms with Crippen LogP contribution >= 0.6 is 11.3 Å². The van der Waals surface area contributed by atoms with Crippen LogP contribution in [0.1, 0.15) is 22.6 Å². The molecule has 0 spiro atoms. The quantitative estimate of drug-likeness (QED) is 0.739. The molecule has 1 aromatic carbocycles. The normalized spacial score (nSPS) is 16.4. The number of rotatable bonds is 6. The van der Waals surface area contributed by atoms with Crippen LogP contribution in [0.3, 0.4) is 0 Å². The summed E-state index contributed by atoms with van der Waals surface area (Å²) in [6, 6.07) is 5.71. The van der Waals surface area contributed by atoms with Gasteiger partial charge in [-0.3, -0.25) is 14.5 Å². The van der Waals surface area contributed by atoms with Crippen LogP contribution in [0.5, 0.6) is 5.75 Å². The second-order valence-corrected chi connectivity index (χ2v) is 7.39. The van der Waals surface area contributed by atoms with Gasteiger partial charge in [-0.25, -0.2) is 9.78 Å². The third kappa shape index (κ3) is 4.25. The van der Waals surface area contributed by atoms with Crippen molar-refractivity contribution < 1.29 is 19.1 Å². The number of methoxy groups -OCH3 is 1. The number of aryl methyl sites for hydroxylation is 2. The predicted molar refractivity (Wildman–Crippen MR) is 101 cm³/mol. The second-order valence-electron chi connectivity index (χ2n) is 6.19. The number of urea groups is 1. The van der Waals surface area contributed by atoms with E-state index in [0.29, 0.717) is 10.9 Å². The molecule has 0 aliphatic carbocycles. The van der Waals surface area contributed by atoms with E-state index in [0.717, 1.165) is 21.0 Å². The lowest BCUT2D eigenvalue weighted by Gasteiger charge is -2.13. The molecule has 2 aromatic rings. The number of nitrogens with zero attached hydrogens (tertiary/aromatic N) is 2. The van der Waals surface area contributed by atoms with Crippen LogP contribution in [0.4, 0.5) is 9.93 Å². The van der Waals surface area contributed by atoms with Gasteiger partial charge in [0, 0.05) is 4.88 Å². The molecule has 1 aromatic heterocycles. The largest absolute Gasteiger partial charge is 0.497 e. The summed E-state index contributed by atoms with van der Waals surface area (Å²) < 4.78 is 5.09. The first kappa shape index (κ1) is 18.8. The van der Waals surface area contributed by atoms with E-state index >= 15 is 0 Å². The Morgan fingerprint density at radius 1 is 1.30 bits per heavy atom. The third-order valence-electron chi connectivity index (χ3n) is 4.27. The molecule has 0 saturated carbocycles. The number of thiazole rings is 1. The highest BCUT2D eigenvalue weighted by atomic mass is 32.1. The number of hydrogen-bond donors (Lipinski definition) is 2. The lowest BCUT2D eigenvalue weighted by Crippen LogP contribution is -2.34. The van der Waals surface area contributed by atoms with Gasteiger partial charge < -0.3 is 15.4 Å². The molecule has 2 N–H and O–H groups in total. The highest BCUT2D eigenvalue weighted by molar-refractivity contribution is 7.15. The van der Waals surface area contributed by atoms with Gasteiger partial charge in [0.1, 0.15) is 11.8 Å². The minimum Gasteiger partial charge on any atom is -0.497 e. The van der Waals surface area contributed by atoms with Gasteiger partial charge in [0.15, 0.2) is 5.13 Å². The van der Waals surface area contributed by atoms with Gasteiger partial charge in [0.25, 0.3) is 5.91 Å². The van der Waals surface area contributed by atoms with Gasteiger partial charge in [-0.15, -0.1) is 11.3 Å². The van der Waals surface area contributed by atoms with Gasteiger partial charge in [-0.2, -0.15) is 0 Å². The summed E-state index contributed by atoms with van der Waals surface area (Å²) >= 11 is 1.37. The fourth-order valence-corrected chi connectivity index (χ4v) is 3.49. The van der Waals surface area contributed by atoms with Crippen molar-refractivity contribution in [2.24, 2.45) is 0 Å². The Hall–Kier alpha value is -2.94. The molecule has 0 bridgehead atoms. The molecule has 4 amide bonds. The molecule has 9 heteroatoms. The van der Waals surface area contributed by atoms with Crippen LogP contribution in [0.25, 0.3) is 0 Å². The van der Waals surface area contributed by atoms with E-state index in [2.05, 4.69) is 15.6 Å². The minimum atomic E-state index is -0.877. The molecule has 142 valence electrons. The minimum absolute atomic E-state index is 0.137. The number of benzene rings is 1. The van der Waals surface area contributed by atoms with Gasteiger partial charge in [0.2, 0.25) is 5.91 Å². The fourth-order valence-electron chi connectivity index (χ4n) is 2.66. The van der Waals surface area contributed by atoms with Gasteiger partial charge in [0.05, 0.1) is 25.8 Å². The van der Waals surface area contributed by atoms with Crippen LogP contribution < -0.4 is 15.4 Å². The van der Waals surface area contributed by atoms with Crippen molar-refractivity contribution in [2.45, 2.75) is 32.9 Å². The Morgan fingerprint density at radius 3 is 2.59 bits per heavy atom. The van der Waals surface area contributed by atoms with Crippen LogP contribution in [-0.2, 0) is 16.1 Å². The SMILES string of the molecule is COc1ccc(CN2C(=O)NC(CC(=O)Nc3nc(C)c(C)s3)C2=O)cc1. The number of nitrogens with one attached hydrogen (secondary N) is 2. The monoisotopic (exact) mass is 388 g/mol. The Kier molecular flexibility index (Phi) is 5.41. The number of imide groups is 1. The number of amides is 4. The number of carbonyl (C=O) groups excluding carboxylic acids is 3. The van der Waals surface area contributed by atoms with Crippen molar-refractivity contribution >= 4 is 34.3 Å². The molecule has 1 aliphatic heterocycles. The zero-order valence-corrected chi connectivity index (χ0v) is 16.1. The number of hydrogen-bond acceptors (Lipinski definition) is 6. The summed E-state index contributed by atoms with van der Waals surface area (Å²) in [7, 11) is 1.57. The van der Waals surface area contributed by atoms with E-state index in [4.69, 9.17) is 4.74 Å². The standard InChI is InChI=1S/C18H20N4O4S/c1-10-11(2)27-17(19-10)21-15(23)8-14-16(24)22(18(25)20-14)9-12-4-6-13(26-3)7-5-12/h4-7,14H,8-9H2,1-3H3,(H,20,25)(H,19,21,23). The average molecular weight is 388 g/mol. The van der Waals surface area contributed by atoms with Crippen molar-refractivity contribution in [1.82, 2.24) is 15.2 Å². The lowest BCUT2D eigenvalue weighted by atomic mass is 10.1. The zero-order valence-electron chi connectivity index (χ0n) is 15.2. The molecule has 1 aliphatic rings. The van der Waals surface area contributed by atoms with E-state index in [9.17, 15) is 14.4 Å². The van der Waals surface area contributed by atoms with Crippen molar-refractivity contribution in [3.05, 3.63) is 40.4 Å². The molecule has 1 saturated heterocycles. The maximum absolute atomic E-state index is 12.5. The van der Waals surface area contributed by atoms with E-state index < -0.39 is 18.0 Å². The number of aromatic nitrogens is 1. The summed E-state index contributed by atoms with van der Waals surface area (Å²) in [6.07, 6.45) is -0.138. The molecular formula is C18H20N4O4S. The Morgan fingerprint density at radius 2 is 2.00 bits per heavy atom. The molecule has 3 rings (SSSR count). The molecule has 8 nitrogen and oxygen atoms in total. The molecule has 1 atom stereocenters. The lowest BCUT2D eigenvalue weighted by molar-refractivity contribution is -0.130. The van der Waals surface area contributed by atoms with Crippen molar-refractivity contribution in [1.29, 1.82) is 0 Å². The molecule has 1 unspecified atom stereocenters. The summed E-state index contributed by atoms with van der Waals surface area (Å²) in [6.45, 7) is 3.91.